The molecule has 4 heteroatoms. The molecule has 0 aliphatic carbocycles. The van der Waals surface area contributed by atoms with E-state index in [1.165, 1.54) is 0 Å². The second kappa shape index (κ2) is 10.8. The zero-order chi connectivity index (χ0) is 23.2. The SMILES string of the molecule is COc1cccc(C(=O)C#Cc2cccc(C(C)O[Si](C(C)C)(C(C)C)C(C)C)c2)c1. The predicted molar refractivity (Wildman–Crippen MR) is 131 cm³/mol. The fraction of sp³-hybridized carbons (Fsp3) is 0.444. The van der Waals surface area contributed by atoms with Gasteiger partial charge in [-0.15, -0.1) is 0 Å². The molecule has 31 heavy (non-hydrogen) atoms. The van der Waals surface area contributed by atoms with Gasteiger partial charge in [0.05, 0.1) is 13.2 Å². The van der Waals surface area contributed by atoms with Crippen molar-refractivity contribution in [3.63, 3.8) is 0 Å². The summed E-state index contributed by atoms with van der Waals surface area (Å²) >= 11 is 0. The van der Waals surface area contributed by atoms with Crippen molar-refractivity contribution in [2.75, 3.05) is 7.11 Å². The summed E-state index contributed by atoms with van der Waals surface area (Å²) in [4.78, 5) is 12.5. The van der Waals surface area contributed by atoms with Gasteiger partial charge in [0.15, 0.2) is 0 Å². The highest BCUT2D eigenvalue weighted by Crippen LogP contribution is 2.45. The number of carbonyl (C=O) groups is 1. The van der Waals surface area contributed by atoms with Gasteiger partial charge in [-0.3, -0.25) is 4.79 Å². The monoisotopic (exact) mass is 436 g/mol. The van der Waals surface area contributed by atoms with Crippen LogP contribution in [0.25, 0.3) is 0 Å². The Morgan fingerprint density at radius 1 is 0.871 bits per heavy atom. The third-order valence-corrected chi connectivity index (χ3v) is 12.3. The molecule has 0 amide bonds. The molecule has 0 radical (unpaired) electrons. The summed E-state index contributed by atoms with van der Waals surface area (Å²) in [6.45, 7) is 15.9. The Morgan fingerprint density at radius 2 is 1.48 bits per heavy atom. The average molecular weight is 437 g/mol. The molecule has 1 atom stereocenters. The first-order valence-electron chi connectivity index (χ1n) is 11.1. The second-order valence-electron chi connectivity index (χ2n) is 9.01. The molecule has 0 N–H and O–H groups in total. The van der Waals surface area contributed by atoms with E-state index in [0.29, 0.717) is 27.9 Å². The molecular weight excluding hydrogens is 400 g/mol. The number of ketones is 1. The highest BCUT2D eigenvalue weighted by atomic mass is 28.4. The van der Waals surface area contributed by atoms with E-state index in [2.05, 4.69) is 66.4 Å². The lowest BCUT2D eigenvalue weighted by Crippen LogP contribution is -2.48. The first-order valence-corrected chi connectivity index (χ1v) is 13.2. The van der Waals surface area contributed by atoms with Gasteiger partial charge in [0.1, 0.15) is 5.75 Å². The molecule has 0 spiro atoms. The van der Waals surface area contributed by atoms with Gasteiger partial charge in [-0.2, -0.15) is 0 Å². The van der Waals surface area contributed by atoms with Gasteiger partial charge in [0.2, 0.25) is 14.1 Å². The summed E-state index contributed by atoms with van der Waals surface area (Å²) in [5, 5.41) is 0. The van der Waals surface area contributed by atoms with E-state index >= 15 is 0 Å². The standard InChI is InChI=1S/C27H36O3Si/c1-19(2)31(20(3)4,21(5)6)30-22(7)24-12-9-11-23(17-24)15-16-27(28)25-13-10-14-26(18-25)29-8/h9-14,17-22H,1-8H3. The van der Waals surface area contributed by atoms with Crippen LogP contribution in [-0.4, -0.2) is 21.2 Å². The molecule has 2 aromatic carbocycles. The summed E-state index contributed by atoms with van der Waals surface area (Å²) in [5.41, 5.74) is 4.02. The van der Waals surface area contributed by atoms with Gasteiger partial charge < -0.3 is 9.16 Å². The van der Waals surface area contributed by atoms with Crippen molar-refractivity contribution in [2.45, 2.75) is 71.2 Å². The maximum Gasteiger partial charge on any atom is 0.236 e. The fourth-order valence-corrected chi connectivity index (χ4v) is 10.2. The van der Waals surface area contributed by atoms with Crippen molar-refractivity contribution in [1.82, 2.24) is 0 Å². The van der Waals surface area contributed by atoms with Crippen molar-refractivity contribution in [2.24, 2.45) is 0 Å². The highest BCUT2D eigenvalue weighted by Gasteiger charge is 2.46. The molecule has 0 heterocycles. The van der Waals surface area contributed by atoms with Gasteiger partial charge in [-0.25, -0.2) is 0 Å². The number of hydrogen-bond acceptors (Lipinski definition) is 3. The van der Waals surface area contributed by atoms with E-state index in [4.69, 9.17) is 9.16 Å². The Balaban J connectivity index is 2.25. The fourth-order valence-electron chi connectivity index (χ4n) is 4.62. The van der Waals surface area contributed by atoms with E-state index in [0.717, 1.165) is 11.1 Å². The van der Waals surface area contributed by atoms with Crippen molar-refractivity contribution in [1.29, 1.82) is 0 Å². The molecular formula is C27H36O3Si. The summed E-state index contributed by atoms with van der Waals surface area (Å²) in [5.74, 6) is 6.21. The second-order valence-corrected chi connectivity index (χ2v) is 14.4. The average Bonchev–Trinajstić information content (AvgIpc) is 2.75. The Bertz CT molecular complexity index is 928. The largest absolute Gasteiger partial charge is 0.497 e. The van der Waals surface area contributed by atoms with Crippen LogP contribution in [0.3, 0.4) is 0 Å². The number of carbonyl (C=O) groups excluding carboxylic acids is 1. The van der Waals surface area contributed by atoms with Gasteiger partial charge in [-0.1, -0.05) is 71.7 Å². The van der Waals surface area contributed by atoms with Crippen LogP contribution in [0, 0.1) is 11.8 Å². The van der Waals surface area contributed by atoms with E-state index in [-0.39, 0.29) is 11.9 Å². The lowest BCUT2D eigenvalue weighted by atomic mass is 10.1. The van der Waals surface area contributed by atoms with Crippen LogP contribution in [0.15, 0.2) is 48.5 Å². The van der Waals surface area contributed by atoms with Gasteiger partial charge >= 0.3 is 0 Å². The first kappa shape index (κ1) is 24.9. The van der Waals surface area contributed by atoms with E-state index in [1.54, 1.807) is 25.3 Å². The smallest absolute Gasteiger partial charge is 0.236 e. The van der Waals surface area contributed by atoms with Gasteiger partial charge in [0.25, 0.3) is 0 Å². The summed E-state index contributed by atoms with van der Waals surface area (Å²) < 4.78 is 12.1. The number of rotatable bonds is 8. The zero-order valence-electron chi connectivity index (χ0n) is 20.2. The third kappa shape index (κ3) is 5.87. The maximum atomic E-state index is 12.5. The van der Waals surface area contributed by atoms with E-state index in [1.807, 2.05) is 24.3 Å². The summed E-state index contributed by atoms with van der Waals surface area (Å²) in [7, 11) is -0.400. The number of Topliss-reactive ketones (excluding diaryl/α,β-unsaturated/α-hetero) is 1. The van der Waals surface area contributed by atoms with Crippen LogP contribution in [0.4, 0.5) is 0 Å². The van der Waals surface area contributed by atoms with Crippen LogP contribution in [0.2, 0.25) is 16.6 Å². The van der Waals surface area contributed by atoms with Gasteiger partial charge in [-0.05, 0) is 59.3 Å². The van der Waals surface area contributed by atoms with Crippen molar-refractivity contribution in [3.05, 3.63) is 65.2 Å². The molecule has 0 fully saturated rings. The Labute approximate surface area is 189 Å². The molecule has 0 bridgehead atoms. The number of hydrogen-bond donors (Lipinski definition) is 0. The number of methoxy groups -OCH3 is 1. The molecule has 0 saturated carbocycles. The normalized spacial score (nSPS) is 12.6. The van der Waals surface area contributed by atoms with Crippen LogP contribution in [-0.2, 0) is 4.43 Å². The molecule has 2 rings (SSSR count). The van der Waals surface area contributed by atoms with Crippen LogP contribution < -0.4 is 4.74 Å². The molecule has 1 unspecified atom stereocenters. The minimum absolute atomic E-state index is 0.0188. The predicted octanol–water partition coefficient (Wildman–Crippen LogP) is 7.18. The van der Waals surface area contributed by atoms with Gasteiger partial charge in [0, 0.05) is 11.1 Å². The Morgan fingerprint density at radius 3 is 2.06 bits per heavy atom. The van der Waals surface area contributed by atoms with Crippen molar-refractivity contribution < 1.29 is 14.0 Å². The maximum absolute atomic E-state index is 12.5. The van der Waals surface area contributed by atoms with Crippen molar-refractivity contribution in [3.8, 4) is 17.6 Å². The summed E-state index contributed by atoms with van der Waals surface area (Å²) in [6.07, 6.45) is -0.0188. The molecule has 0 aliphatic heterocycles. The minimum Gasteiger partial charge on any atom is -0.497 e. The van der Waals surface area contributed by atoms with Crippen molar-refractivity contribution >= 4 is 14.1 Å². The topological polar surface area (TPSA) is 35.5 Å². The van der Waals surface area contributed by atoms with E-state index < -0.39 is 8.32 Å². The third-order valence-electron chi connectivity index (χ3n) is 6.10. The first-order chi connectivity index (χ1) is 14.6. The lowest BCUT2D eigenvalue weighted by Gasteiger charge is -2.44. The minimum atomic E-state index is -1.98. The Hall–Kier alpha value is -2.35. The van der Waals surface area contributed by atoms with Crippen LogP contribution in [0.5, 0.6) is 5.75 Å². The molecule has 0 aromatic heterocycles. The highest BCUT2D eigenvalue weighted by molar-refractivity contribution is 6.77. The number of ether oxygens (including phenoxy) is 1. The van der Waals surface area contributed by atoms with E-state index in [9.17, 15) is 4.79 Å². The quantitative estimate of drug-likeness (QED) is 0.250. The zero-order valence-corrected chi connectivity index (χ0v) is 21.2. The molecule has 0 aliphatic rings. The van der Waals surface area contributed by atoms with Crippen LogP contribution in [0.1, 0.15) is 76.1 Å². The molecule has 2 aromatic rings. The molecule has 3 nitrogen and oxygen atoms in total. The Kier molecular flexibility index (Phi) is 8.67. The molecule has 0 saturated heterocycles. The van der Waals surface area contributed by atoms with Crippen LogP contribution >= 0.6 is 0 Å². The summed E-state index contributed by atoms with van der Waals surface area (Å²) in [6, 6.07) is 15.1. The molecule has 166 valence electrons. The number of benzene rings is 2. The lowest BCUT2D eigenvalue weighted by molar-refractivity contribution is 0.105.